The van der Waals surface area contributed by atoms with Gasteiger partial charge in [-0.05, 0) is 66.8 Å². The number of ether oxygens (including phenoxy) is 1. The highest BCUT2D eigenvalue weighted by atomic mass is 35.5. The number of nitrogens with zero attached hydrogens (tertiary/aromatic N) is 1. The third kappa shape index (κ3) is 4.61. The predicted molar refractivity (Wildman–Crippen MR) is 144 cm³/mol. The van der Waals surface area contributed by atoms with Crippen LogP contribution in [0, 0.1) is 0 Å². The summed E-state index contributed by atoms with van der Waals surface area (Å²) in [5.74, 6) is 0.922. The molecule has 2 unspecified atom stereocenters. The molecule has 0 fully saturated rings. The van der Waals surface area contributed by atoms with E-state index >= 15 is 0 Å². The summed E-state index contributed by atoms with van der Waals surface area (Å²) in [6.45, 7) is 2.48. The van der Waals surface area contributed by atoms with Crippen LogP contribution in [0.1, 0.15) is 42.9 Å². The van der Waals surface area contributed by atoms with Gasteiger partial charge in [-0.15, -0.1) is 0 Å². The summed E-state index contributed by atoms with van der Waals surface area (Å²) < 4.78 is 5.63. The highest BCUT2D eigenvalue weighted by Crippen LogP contribution is 2.45. The Labute approximate surface area is 211 Å². The number of hydrogen-bond acceptors (Lipinski definition) is 5. The van der Waals surface area contributed by atoms with Crippen LogP contribution in [0.15, 0.2) is 78.0 Å². The first-order valence-electron chi connectivity index (χ1n) is 12.0. The monoisotopic (exact) mass is 487 g/mol. The van der Waals surface area contributed by atoms with Crippen LogP contribution < -0.4 is 20.3 Å². The summed E-state index contributed by atoms with van der Waals surface area (Å²) in [6, 6.07) is 22.1. The van der Waals surface area contributed by atoms with Crippen molar-refractivity contribution in [1.82, 2.24) is 0 Å². The maximum absolute atomic E-state index is 13.7. The average Bonchev–Trinajstić information content (AvgIpc) is 3.02. The number of para-hydroxylation sites is 2. The highest BCUT2D eigenvalue weighted by Gasteiger charge is 2.36. The zero-order valence-corrected chi connectivity index (χ0v) is 21.0. The Morgan fingerprint density at radius 1 is 0.971 bits per heavy atom. The Balaban J connectivity index is 1.55. The first-order chi connectivity index (χ1) is 16.9. The number of fused-ring (bicyclic) bond motifs is 1. The quantitative estimate of drug-likeness (QED) is 0.415. The van der Waals surface area contributed by atoms with Crippen molar-refractivity contribution in [3.05, 3.63) is 94.1 Å². The van der Waals surface area contributed by atoms with Crippen LogP contribution in [0.2, 0.25) is 5.02 Å². The molecule has 0 saturated carbocycles. The van der Waals surface area contributed by atoms with Crippen LogP contribution in [0.4, 0.5) is 17.1 Å². The molecule has 3 aromatic carbocycles. The van der Waals surface area contributed by atoms with E-state index in [1.807, 2.05) is 63.5 Å². The second kappa shape index (κ2) is 9.67. The topological polar surface area (TPSA) is 53.6 Å². The fraction of sp³-hybridized carbons (Fsp3) is 0.276. The minimum absolute atomic E-state index is 0.125. The second-order valence-electron chi connectivity index (χ2n) is 9.28. The normalized spacial score (nSPS) is 19.1. The van der Waals surface area contributed by atoms with Gasteiger partial charge in [-0.25, -0.2) is 0 Å². The third-order valence-electron chi connectivity index (χ3n) is 6.78. The number of anilines is 3. The minimum Gasteiger partial charge on any atom is -0.492 e. The molecule has 0 aromatic heterocycles. The van der Waals surface area contributed by atoms with Gasteiger partial charge in [-0.3, -0.25) is 4.79 Å². The fourth-order valence-corrected chi connectivity index (χ4v) is 5.24. The second-order valence-corrected chi connectivity index (χ2v) is 9.68. The molecule has 0 radical (unpaired) electrons. The van der Waals surface area contributed by atoms with Crippen molar-refractivity contribution in [3.8, 4) is 5.75 Å². The standard InChI is InChI=1S/C29H30ClN3O2/c1-4-35-27-14-11-19(15-22(27)30)29-28-25(31-23-7-5-6-8-24(23)32-29)16-20(17-26(28)34)18-9-12-21(13-10-18)33(2)3/h5-15,20,29,31-32H,4,16-17H2,1-3H3. The Morgan fingerprint density at radius 3 is 2.37 bits per heavy atom. The molecule has 0 bridgehead atoms. The number of hydrogen-bond donors (Lipinski definition) is 2. The molecule has 1 heterocycles. The lowest BCUT2D eigenvalue weighted by Crippen LogP contribution is -2.27. The SMILES string of the molecule is CCOc1ccc(C2Nc3ccccc3NC3=C2C(=O)CC(c2ccc(N(C)C)cc2)C3)cc1Cl. The van der Waals surface area contributed by atoms with Gasteiger partial charge in [-0.1, -0.05) is 41.9 Å². The molecule has 0 spiro atoms. The van der Waals surface area contributed by atoms with E-state index in [0.29, 0.717) is 23.8 Å². The van der Waals surface area contributed by atoms with Gasteiger partial charge < -0.3 is 20.3 Å². The average molecular weight is 488 g/mol. The van der Waals surface area contributed by atoms with E-state index in [1.54, 1.807) is 0 Å². The van der Waals surface area contributed by atoms with Crippen molar-refractivity contribution in [2.75, 3.05) is 36.2 Å². The van der Waals surface area contributed by atoms with E-state index in [0.717, 1.165) is 40.3 Å². The van der Waals surface area contributed by atoms with E-state index in [-0.39, 0.29) is 17.7 Å². The summed E-state index contributed by atoms with van der Waals surface area (Å²) in [5, 5.41) is 7.75. The summed E-state index contributed by atoms with van der Waals surface area (Å²) in [4.78, 5) is 15.8. The lowest BCUT2D eigenvalue weighted by molar-refractivity contribution is -0.116. The molecule has 0 saturated heterocycles. The lowest BCUT2D eigenvalue weighted by Gasteiger charge is -2.30. The number of Topliss-reactive ketones (excluding diaryl/α,β-unsaturated/α-hetero) is 1. The lowest BCUT2D eigenvalue weighted by atomic mass is 9.78. The number of nitrogens with one attached hydrogen (secondary N) is 2. The van der Waals surface area contributed by atoms with Gasteiger partial charge in [0.2, 0.25) is 0 Å². The number of carbonyl (C=O) groups excluding carboxylic acids is 1. The van der Waals surface area contributed by atoms with Gasteiger partial charge in [0.05, 0.1) is 29.0 Å². The van der Waals surface area contributed by atoms with Crippen molar-refractivity contribution in [1.29, 1.82) is 0 Å². The van der Waals surface area contributed by atoms with Crippen molar-refractivity contribution in [2.24, 2.45) is 0 Å². The number of rotatable bonds is 5. The van der Waals surface area contributed by atoms with Gasteiger partial charge in [0.15, 0.2) is 5.78 Å². The molecular weight excluding hydrogens is 458 g/mol. The van der Waals surface area contributed by atoms with E-state index < -0.39 is 0 Å². The molecule has 5 nitrogen and oxygen atoms in total. The van der Waals surface area contributed by atoms with Crippen LogP contribution in [0.25, 0.3) is 0 Å². The summed E-state index contributed by atoms with van der Waals surface area (Å²) in [5.41, 5.74) is 6.94. The van der Waals surface area contributed by atoms with E-state index in [1.165, 1.54) is 5.56 Å². The third-order valence-corrected chi connectivity index (χ3v) is 7.07. The molecule has 0 amide bonds. The zero-order valence-electron chi connectivity index (χ0n) is 20.3. The van der Waals surface area contributed by atoms with Gasteiger partial charge in [0.25, 0.3) is 0 Å². The highest BCUT2D eigenvalue weighted by molar-refractivity contribution is 6.32. The summed E-state index contributed by atoms with van der Waals surface area (Å²) >= 11 is 6.55. The van der Waals surface area contributed by atoms with Crippen molar-refractivity contribution >= 4 is 34.4 Å². The number of halogens is 1. The Hall–Kier alpha value is -3.44. The molecule has 5 rings (SSSR count). The number of benzene rings is 3. The Morgan fingerprint density at radius 2 is 1.69 bits per heavy atom. The van der Waals surface area contributed by atoms with Gasteiger partial charge >= 0.3 is 0 Å². The molecule has 35 heavy (non-hydrogen) atoms. The van der Waals surface area contributed by atoms with E-state index in [9.17, 15) is 4.79 Å². The zero-order chi connectivity index (χ0) is 24.5. The number of carbonyl (C=O) groups is 1. The van der Waals surface area contributed by atoms with Gasteiger partial charge in [0, 0.05) is 37.5 Å². The fourth-order valence-electron chi connectivity index (χ4n) is 4.99. The maximum Gasteiger partial charge on any atom is 0.163 e. The van der Waals surface area contributed by atoms with Crippen molar-refractivity contribution < 1.29 is 9.53 Å². The van der Waals surface area contributed by atoms with E-state index in [2.05, 4.69) is 39.8 Å². The first-order valence-corrected chi connectivity index (χ1v) is 12.4. The van der Waals surface area contributed by atoms with Crippen LogP contribution in [-0.4, -0.2) is 26.5 Å². The molecule has 1 aliphatic carbocycles. The predicted octanol–water partition coefficient (Wildman–Crippen LogP) is 6.78. The van der Waals surface area contributed by atoms with Crippen LogP contribution in [0.5, 0.6) is 5.75 Å². The molecule has 2 atom stereocenters. The largest absolute Gasteiger partial charge is 0.492 e. The van der Waals surface area contributed by atoms with Gasteiger partial charge in [-0.2, -0.15) is 0 Å². The minimum atomic E-state index is -0.307. The molecule has 1 aliphatic heterocycles. The maximum atomic E-state index is 13.7. The van der Waals surface area contributed by atoms with Crippen LogP contribution in [0.3, 0.4) is 0 Å². The molecule has 2 N–H and O–H groups in total. The van der Waals surface area contributed by atoms with Crippen molar-refractivity contribution in [2.45, 2.75) is 31.7 Å². The summed E-state index contributed by atoms with van der Waals surface area (Å²) in [7, 11) is 4.06. The Bertz CT molecular complexity index is 1280. The molecule has 2 aliphatic rings. The van der Waals surface area contributed by atoms with E-state index in [4.69, 9.17) is 16.3 Å². The first kappa shape index (κ1) is 23.3. The summed E-state index contributed by atoms with van der Waals surface area (Å²) in [6.07, 6.45) is 1.24. The van der Waals surface area contributed by atoms with Crippen LogP contribution >= 0.6 is 11.6 Å². The Kier molecular flexibility index (Phi) is 6.44. The van der Waals surface area contributed by atoms with Gasteiger partial charge in [0.1, 0.15) is 5.75 Å². The van der Waals surface area contributed by atoms with Crippen LogP contribution in [-0.2, 0) is 4.79 Å². The molecular formula is C29H30ClN3O2. The number of ketones is 1. The molecule has 180 valence electrons. The smallest absolute Gasteiger partial charge is 0.163 e. The molecule has 6 heteroatoms. The molecule has 3 aromatic rings. The number of allylic oxidation sites excluding steroid dienone is 1. The van der Waals surface area contributed by atoms with Crippen molar-refractivity contribution in [3.63, 3.8) is 0 Å².